The standard InChI is InChI=1S/C13H17NO2/c1-5-10(6-2)14-12-9-11(15-3)7-8-13(12)16-4/h1,7-10,14H,6H2,2-4H3. The van der Waals surface area contributed by atoms with E-state index in [9.17, 15) is 0 Å². The van der Waals surface area contributed by atoms with E-state index in [1.54, 1.807) is 14.2 Å². The van der Waals surface area contributed by atoms with Crippen LogP contribution in [-0.4, -0.2) is 20.3 Å². The van der Waals surface area contributed by atoms with Crippen molar-refractivity contribution in [2.75, 3.05) is 19.5 Å². The van der Waals surface area contributed by atoms with Gasteiger partial charge in [0.15, 0.2) is 0 Å². The van der Waals surface area contributed by atoms with Crippen molar-refractivity contribution in [3.63, 3.8) is 0 Å². The Bertz CT molecular complexity index is 382. The van der Waals surface area contributed by atoms with Gasteiger partial charge in [0.05, 0.1) is 25.9 Å². The lowest BCUT2D eigenvalue weighted by Gasteiger charge is -2.16. The van der Waals surface area contributed by atoms with Crippen molar-refractivity contribution in [3.05, 3.63) is 18.2 Å². The van der Waals surface area contributed by atoms with Gasteiger partial charge < -0.3 is 14.8 Å². The Labute approximate surface area is 96.8 Å². The van der Waals surface area contributed by atoms with Gasteiger partial charge in [-0.3, -0.25) is 0 Å². The minimum atomic E-state index is 0.000932. The van der Waals surface area contributed by atoms with E-state index in [4.69, 9.17) is 15.9 Å². The number of hydrogen-bond donors (Lipinski definition) is 1. The molecule has 0 aromatic heterocycles. The molecule has 0 amide bonds. The van der Waals surface area contributed by atoms with Crippen molar-refractivity contribution < 1.29 is 9.47 Å². The monoisotopic (exact) mass is 219 g/mol. The predicted molar refractivity (Wildman–Crippen MR) is 66.1 cm³/mol. The van der Waals surface area contributed by atoms with Crippen LogP contribution in [0.3, 0.4) is 0 Å². The van der Waals surface area contributed by atoms with Crippen LogP contribution in [0.2, 0.25) is 0 Å². The fraction of sp³-hybridized carbons (Fsp3) is 0.385. The van der Waals surface area contributed by atoms with E-state index in [0.717, 1.165) is 23.6 Å². The van der Waals surface area contributed by atoms with Crippen molar-refractivity contribution in [3.8, 4) is 23.8 Å². The van der Waals surface area contributed by atoms with Crippen LogP contribution in [0.15, 0.2) is 18.2 Å². The average molecular weight is 219 g/mol. The van der Waals surface area contributed by atoms with Crippen molar-refractivity contribution >= 4 is 5.69 Å². The summed E-state index contributed by atoms with van der Waals surface area (Å²) < 4.78 is 10.4. The van der Waals surface area contributed by atoms with Crippen LogP contribution in [0.4, 0.5) is 5.69 Å². The molecule has 1 unspecified atom stereocenters. The largest absolute Gasteiger partial charge is 0.497 e. The summed E-state index contributed by atoms with van der Waals surface area (Å²) in [5.74, 6) is 4.21. The number of terminal acetylenes is 1. The SMILES string of the molecule is C#CC(CC)Nc1cc(OC)ccc1OC. The van der Waals surface area contributed by atoms with E-state index in [2.05, 4.69) is 11.2 Å². The molecule has 1 N–H and O–H groups in total. The first-order valence-corrected chi connectivity index (χ1v) is 5.19. The van der Waals surface area contributed by atoms with E-state index in [-0.39, 0.29) is 6.04 Å². The van der Waals surface area contributed by atoms with Gasteiger partial charge in [-0.15, -0.1) is 6.42 Å². The summed E-state index contributed by atoms with van der Waals surface area (Å²) in [6.07, 6.45) is 6.27. The summed E-state index contributed by atoms with van der Waals surface area (Å²) >= 11 is 0. The van der Waals surface area contributed by atoms with Gasteiger partial charge in [0.25, 0.3) is 0 Å². The van der Waals surface area contributed by atoms with E-state index < -0.39 is 0 Å². The number of nitrogens with one attached hydrogen (secondary N) is 1. The molecule has 86 valence electrons. The van der Waals surface area contributed by atoms with Crippen LogP contribution in [0, 0.1) is 12.3 Å². The third kappa shape index (κ3) is 2.83. The maximum absolute atomic E-state index is 5.41. The predicted octanol–water partition coefficient (Wildman–Crippen LogP) is 2.53. The molecule has 0 aliphatic rings. The van der Waals surface area contributed by atoms with Crippen LogP contribution in [0.5, 0.6) is 11.5 Å². The van der Waals surface area contributed by atoms with Crippen LogP contribution >= 0.6 is 0 Å². The molecule has 0 aliphatic carbocycles. The second-order valence-electron chi connectivity index (χ2n) is 3.34. The van der Waals surface area contributed by atoms with E-state index in [1.165, 1.54) is 0 Å². The zero-order valence-electron chi connectivity index (χ0n) is 9.91. The lowest BCUT2D eigenvalue weighted by Crippen LogP contribution is -2.16. The molecule has 1 aromatic rings. The van der Waals surface area contributed by atoms with Crippen molar-refractivity contribution in [1.29, 1.82) is 0 Å². The first-order valence-electron chi connectivity index (χ1n) is 5.19. The van der Waals surface area contributed by atoms with E-state index in [0.29, 0.717) is 0 Å². The summed E-state index contributed by atoms with van der Waals surface area (Å²) in [6, 6.07) is 5.57. The first kappa shape index (κ1) is 12.3. The molecule has 0 saturated carbocycles. The molecule has 0 saturated heterocycles. The van der Waals surface area contributed by atoms with Gasteiger partial charge >= 0.3 is 0 Å². The number of benzene rings is 1. The number of hydrogen-bond acceptors (Lipinski definition) is 3. The fourth-order valence-electron chi connectivity index (χ4n) is 1.38. The molecular weight excluding hydrogens is 202 g/mol. The highest BCUT2D eigenvalue weighted by atomic mass is 16.5. The molecule has 1 rings (SSSR count). The van der Waals surface area contributed by atoms with E-state index in [1.807, 2.05) is 25.1 Å². The molecule has 3 heteroatoms. The number of ether oxygens (including phenoxy) is 2. The topological polar surface area (TPSA) is 30.5 Å². The molecule has 16 heavy (non-hydrogen) atoms. The van der Waals surface area contributed by atoms with Crippen molar-refractivity contribution in [1.82, 2.24) is 0 Å². The first-order chi connectivity index (χ1) is 7.74. The third-order valence-corrected chi connectivity index (χ3v) is 2.35. The lowest BCUT2D eigenvalue weighted by atomic mass is 10.2. The van der Waals surface area contributed by atoms with Gasteiger partial charge in [-0.2, -0.15) is 0 Å². The van der Waals surface area contributed by atoms with Gasteiger partial charge in [-0.1, -0.05) is 12.8 Å². The molecule has 3 nitrogen and oxygen atoms in total. The van der Waals surface area contributed by atoms with Crippen molar-refractivity contribution in [2.24, 2.45) is 0 Å². The van der Waals surface area contributed by atoms with Crippen LogP contribution < -0.4 is 14.8 Å². The van der Waals surface area contributed by atoms with Gasteiger partial charge in [-0.25, -0.2) is 0 Å². The summed E-state index contributed by atoms with van der Waals surface area (Å²) in [7, 11) is 3.26. The smallest absolute Gasteiger partial charge is 0.142 e. The van der Waals surface area contributed by atoms with Gasteiger partial charge in [0.2, 0.25) is 0 Å². The van der Waals surface area contributed by atoms with E-state index >= 15 is 0 Å². The zero-order chi connectivity index (χ0) is 12.0. The quantitative estimate of drug-likeness (QED) is 0.772. The third-order valence-electron chi connectivity index (χ3n) is 2.35. The van der Waals surface area contributed by atoms with Crippen LogP contribution in [0.1, 0.15) is 13.3 Å². The summed E-state index contributed by atoms with van der Waals surface area (Å²) in [5, 5.41) is 3.23. The maximum Gasteiger partial charge on any atom is 0.142 e. The highest BCUT2D eigenvalue weighted by Gasteiger charge is 2.08. The molecule has 0 radical (unpaired) electrons. The number of rotatable bonds is 5. The summed E-state index contributed by atoms with van der Waals surface area (Å²) in [6.45, 7) is 2.03. The molecule has 0 bridgehead atoms. The molecule has 1 aromatic carbocycles. The Morgan fingerprint density at radius 1 is 1.38 bits per heavy atom. The molecule has 0 heterocycles. The number of anilines is 1. The minimum Gasteiger partial charge on any atom is -0.497 e. The summed E-state index contributed by atoms with van der Waals surface area (Å²) in [5.41, 5.74) is 0.853. The molecule has 0 aliphatic heterocycles. The highest BCUT2D eigenvalue weighted by molar-refractivity contribution is 5.60. The fourth-order valence-corrected chi connectivity index (χ4v) is 1.38. The van der Waals surface area contributed by atoms with Crippen LogP contribution in [-0.2, 0) is 0 Å². The molecule has 1 atom stereocenters. The number of methoxy groups -OCH3 is 2. The molecular formula is C13H17NO2. The molecule has 0 fully saturated rings. The normalized spacial score (nSPS) is 11.4. The van der Waals surface area contributed by atoms with Gasteiger partial charge in [-0.05, 0) is 18.6 Å². The van der Waals surface area contributed by atoms with Crippen molar-refractivity contribution in [2.45, 2.75) is 19.4 Å². The van der Waals surface area contributed by atoms with Gasteiger partial charge in [0, 0.05) is 6.07 Å². The average Bonchev–Trinajstić information content (AvgIpc) is 2.35. The second-order valence-corrected chi connectivity index (χ2v) is 3.34. The Hall–Kier alpha value is -1.82. The highest BCUT2D eigenvalue weighted by Crippen LogP contribution is 2.29. The molecule has 0 spiro atoms. The second kappa shape index (κ2) is 5.92. The Balaban J connectivity index is 2.95. The zero-order valence-corrected chi connectivity index (χ0v) is 9.91. The Kier molecular flexibility index (Phi) is 4.53. The Morgan fingerprint density at radius 3 is 2.62 bits per heavy atom. The lowest BCUT2D eigenvalue weighted by molar-refractivity contribution is 0.404. The van der Waals surface area contributed by atoms with Crippen LogP contribution in [0.25, 0.3) is 0 Å². The summed E-state index contributed by atoms with van der Waals surface area (Å²) in [4.78, 5) is 0. The Morgan fingerprint density at radius 2 is 2.12 bits per heavy atom. The van der Waals surface area contributed by atoms with Gasteiger partial charge in [0.1, 0.15) is 11.5 Å². The minimum absolute atomic E-state index is 0.000932. The maximum atomic E-state index is 5.41.